The maximum absolute atomic E-state index is 12.4. The van der Waals surface area contributed by atoms with Gasteiger partial charge in [-0.2, -0.15) is 0 Å². The van der Waals surface area contributed by atoms with Gasteiger partial charge in [-0.25, -0.2) is 0 Å². The molecule has 0 aliphatic heterocycles. The van der Waals surface area contributed by atoms with E-state index in [-0.39, 0.29) is 11.7 Å². The van der Waals surface area contributed by atoms with Gasteiger partial charge >= 0.3 is 0 Å². The summed E-state index contributed by atoms with van der Waals surface area (Å²) in [6.45, 7) is 12.2. The molecule has 0 heterocycles. The van der Waals surface area contributed by atoms with E-state index in [1.54, 1.807) is 0 Å². The third-order valence-corrected chi connectivity index (χ3v) is 4.91. The summed E-state index contributed by atoms with van der Waals surface area (Å²) in [4.78, 5) is 14.8. The average molecular weight is 354 g/mol. The van der Waals surface area contributed by atoms with Crippen LogP contribution < -0.4 is 4.74 Å². The van der Waals surface area contributed by atoms with Gasteiger partial charge in [0.15, 0.2) is 5.78 Å². The van der Waals surface area contributed by atoms with Crippen molar-refractivity contribution in [2.75, 3.05) is 26.2 Å². The molecule has 3 heteroatoms. The van der Waals surface area contributed by atoms with E-state index in [1.165, 1.54) is 5.56 Å². The Morgan fingerprint density at radius 3 is 2.38 bits per heavy atom. The van der Waals surface area contributed by atoms with Crippen LogP contribution in [-0.4, -0.2) is 36.9 Å². The molecule has 2 rings (SSSR count). The summed E-state index contributed by atoms with van der Waals surface area (Å²) in [5.41, 5.74) is 3.09. The highest BCUT2D eigenvalue weighted by Gasteiger charge is 2.14. The van der Waals surface area contributed by atoms with Gasteiger partial charge in [-0.3, -0.25) is 4.79 Å². The van der Waals surface area contributed by atoms with Gasteiger partial charge in [-0.05, 0) is 43.1 Å². The van der Waals surface area contributed by atoms with Crippen molar-refractivity contribution in [1.82, 2.24) is 4.90 Å². The molecule has 26 heavy (non-hydrogen) atoms. The maximum atomic E-state index is 12.4. The molecule has 1 atom stereocenters. The lowest BCUT2D eigenvalue weighted by Gasteiger charge is -2.19. The maximum Gasteiger partial charge on any atom is 0.163 e. The zero-order valence-electron chi connectivity index (χ0n) is 16.5. The highest BCUT2D eigenvalue weighted by atomic mass is 16.5. The predicted octanol–water partition coefficient (Wildman–Crippen LogP) is 5.09. The Morgan fingerprint density at radius 1 is 1.08 bits per heavy atom. The fourth-order valence-electron chi connectivity index (χ4n) is 3.10. The fraction of sp³-hybridized carbons (Fsp3) is 0.435. The molecule has 0 saturated heterocycles. The quantitative estimate of drug-likeness (QED) is 0.557. The van der Waals surface area contributed by atoms with Crippen LogP contribution in [0, 0.1) is 6.92 Å². The summed E-state index contributed by atoms with van der Waals surface area (Å²) in [6, 6.07) is 15.8. The smallest absolute Gasteiger partial charge is 0.163 e. The van der Waals surface area contributed by atoms with Gasteiger partial charge in [0, 0.05) is 18.5 Å². The van der Waals surface area contributed by atoms with Crippen LogP contribution in [0.3, 0.4) is 0 Å². The molecule has 2 aromatic rings. The molecular weight excluding hydrogens is 322 g/mol. The molecule has 1 unspecified atom stereocenters. The number of Topliss-reactive ketones (excluding diaryl/α,β-unsaturated/α-hetero) is 1. The Hall–Kier alpha value is -2.13. The molecule has 0 N–H and O–H groups in total. The summed E-state index contributed by atoms with van der Waals surface area (Å²) in [7, 11) is 0. The molecule has 0 saturated carbocycles. The summed E-state index contributed by atoms with van der Waals surface area (Å²) in [5, 5.41) is 0. The number of nitrogens with zero attached hydrogens (tertiary/aromatic N) is 1. The summed E-state index contributed by atoms with van der Waals surface area (Å²) in [6.07, 6.45) is 0.519. The van der Waals surface area contributed by atoms with Crippen molar-refractivity contribution in [3.05, 3.63) is 65.2 Å². The average Bonchev–Trinajstić information content (AvgIpc) is 2.67. The summed E-state index contributed by atoms with van der Waals surface area (Å²) >= 11 is 0. The first-order valence-electron chi connectivity index (χ1n) is 9.59. The molecule has 0 bridgehead atoms. The van der Waals surface area contributed by atoms with Crippen LogP contribution in [-0.2, 0) is 0 Å². The van der Waals surface area contributed by atoms with E-state index in [4.69, 9.17) is 4.74 Å². The van der Waals surface area contributed by atoms with Gasteiger partial charge in [-0.15, -0.1) is 0 Å². The third-order valence-electron chi connectivity index (χ3n) is 4.91. The van der Waals surface area contributed by atoms with Crippen molar-refractivity contribution in [1.29, 1.82) is 0 Å². The number of rotatable bonds is 10. The lowest BCUT2D eigenvalue weighted by molar-refractivity contribution is 0.0975. The van der Waals surface area contributed by atoms with Crippen LogP contribution in [0.15, 0.2) is 48.5 Å². The van der Waals surface area contributed by atoms with E-state index in [9.17, 15) is 4.79 Å². The van der Waals surface area contributed by atoms with Crippen molar-refractivity contribution < 1.29 is 9.53 Å². The van der Waals surface area contributed by atoms with Crippen LogP contribution in [0.1, 0.15) is 54.6 Å². The van der Waals surface area contributed by atoms with Gasteiger partial charge in [0.2, 0.25) is 0 Å². The Morgan fingerprint density at radius 2 is 1.77 bits per heavy atom. The fourth-order valence-corrected chi connectivity index (χ4v) is 3.10. The van der Waals surface area contributed by atoms with Crippen LogP contribution in [0.5, 0.6) is 5.75 Å². The monoisotopic (exact) mass is 353 g/mol. The SMILES string of the molecule is CCN(CC)CCOc1ccc(C(C)CC(=O)c2ccccc2)cc1C. The van der Waals surface area contributed by atoms with Gasteiger partial charge in [0.05, 0.1) is 0 Å². The summed E-state index contributed by atoms with van der Waals surface area (Å²) in [5.74, 6) is 1.31. The van der Waals surface area contributed by atoms with Gasteiger partial charge in [-0.1, -0.05) is 63.2 Å². The molecule has 0 spiro atoms. The number of likely N-dealkylation sites (N-methyl/N-ethyl adjacent to an activating group) is 1. The minimum atomic E-state index is 0.186. The molecule has 0 amide bonds. The normalized spacial score (nSPS) is 12.2. The Balaban J connectivity index is 1.94. The third kappa shape index (κ3) is 5.70. The zero-order chi connectivity index (χ0) is 18.9. The minimum absolute atomic E-state index is 0.186. The lowest BCUT2D eigenvalue weighted by Crippen LogP contribution is -2.28. The number of carbonyl (C=O) groups excluding carboxylic acids is 1. The van der Waals surface area contributed by atoms with E-state index in [0.717, 1.165) is 36.5 Å². The van der Waals surface area contributed by atoms with Crippen molar-refractivity contribution in [3.8, 4) is 5.75 Å². The van der Waals surface area contributed by atoms with Crippen molar-refractivity contribution in [3.63, 3.8) is 0 Å². The zero-order valence-corrected chi connectivity index (χ0v) is 16.5. The van der Waals surface area contributed by atoms with Gasteiger partial charge in [0.25, 0.3) is 0 Å². The van der Waals surface area contributed by atoms with Crippen LogP contribution >= 0.6 is 0 Å². The number of hydrogen-bond acceptors (Lipinski definition) is 3. The number of ether oxygens (including phenoxy) is 1. The topological polar surface area (TPSA) is 29.5 Å². The molecule has 0 radical (unpaired) electrons. The number of ketones is 1. The second-order valence-electron chi connectivity index (χ2n) is 6.79. The standard InChI is InChI=1S/C23H31NO2/c1-5-24(6-2)14-15-26-23-13-12-21(16-19(23)4)18(3)17-22(25)20-10-8-7-9-11-20/h7-13,16,18H,5-6,14-15,17H2,1-4H3. The molecule has 2 aromatic carbocycles. The molecule has 0 aliphatic rings. The van der Waals surface area contributed by atoms with E-state index >= 15 is 0 Å². The molecule has 3 nitrogen and oxygen atoms in total. The van der Waals surface area contributed by atoms with Crippen molar-refractivity contribution >= 4 is 5.78 Å². The van der Waals surface area contributed by atoms with Crippen LogP contribution in [0.25, 0.3) is 0 Å². The Labute approximate surface area is 158 Å². The minimum Gasteiger partial charge on any atom is -0.492 e. The van der Waals surface area contributed by atoms with E-state index < -0.39 is 0 Å². The molecular formula is C23H31NO2. The second-order valence-corrected chi connectivity index (χ2v) is 6.79. The van der Waals surface area contributed by atoms with Gasteiger partial charge in [0.1, 0.15) is 12.4 Å². The van der Waals surface area contributed by atoms with Gasteiger partial charge < -0.3 is 9.64 Å². The molecule has 0 aliphatic carbocycles. The first-order valence-corrected chi connectivity index (χ1v) is 9.59. The second kappa shape index (κ2) is 10.1. The molecule has 0 aromatic heterocycles. The number of hydrogen-bond donors (Lipinski definition) is 0. The predicted molar refractivity (Wildman–Crippen MR) is 108 cm³/mol. The van der Waals surface area contributed by atoms with Crippen LogP contribution in [0.4, 0.5) is 0 Å². The molecule has 140 valence electrons. The van der Waals surface area contributed by atoms with E-state index in [2.05, 4.69) is 44.7 Å². The first kappa shape index (κ1) is 20.2. The Kier molecular flexibility index (Phi) is 7.86. The lowest BCUT2D eigenvalue weighted by atomic mass is 9.92. The highest BCUT2D eigenvalue weighted by Crippen LogP contribution is 2.26. The molecule has 0 fully saturated rings. The Bertz CT molecular complexity index is 693. The van der Waals surface area contributed by atoms with Crippen LogP contribution in [0.2, 0.25) is 0 Å². The van der Waals surface area contributed by atoms with E-state index in [0.29, 0.717) is 13.0 Å². The highest BCUT2D eigenvalue weighted by molar-refractivity contribution is 5.96. The van der Waals surface area contributed by atoms with E-state index in [1.807, 2.05) is 36.4 Å². The number of benzene rings is 2. The largest absolute Gasteiger partial charge is 0.492 e. The summed E-state index contributed by atoms with van der Waals surface area (Å²) < 4.78 is 5.95. The number of carbonyl (C=O) groups is 1. The van der Waals surface area contributed by atoms with Crippen molar-refractivity contribution in [2.24, 2.45) is 0 Å². The van der Waals surface area contributed by atoms with Crippen molar-refractivity contribution in [2.45, 2.75) is 40.0 Å². The first-order chi connectivity index (χ1) is 12.5. The number of aryl methyl sites for hydroxylation is 1.